The van der Waals surface area contributed by atoms with Gasteiger partial charge in [-0.05, 0) is 29.8 Å². The van der Waals surface area contributed by atoms with E-state index in [0.717, 1.165) is 32.5 Å². The highest BCUT2D eigenvalue weighted by Gasteiger charge is 2.59. The number of carbonyl (C=O) groups excluding carboxylic acids is 3. The van der Waals surface area contributed by atoms with Gasteiger partial charge in [-0.2, -0.15) is 0 Å². The molecular formula is C34H29N5O12S. The summed E-state index contributed by atoms with van der Waals surface area (Å²) in [4.78, 5) is 80.2. The predicted molar refractivity (Wildman–Crippen MR) is 182 cm³/mol. The Balaban J connectivity index is 1.58. The molecule has 17 nitrogen and oxygen atoms in total. The van der Waals surface area contributed by atoms with Gasteiger partial charge in [0.1, 0.15) is 23.8 Å². The van der Waals surface area contributed by atoms with Crippen molar-refractivity contribution in [1.29, 1.82) is 0 Å². The van der Waals surface area contributed by atoms with Crippen molar-refractivity contribution in [2.45, 2.75) is 61.3 Å². The molecule has 0 saturated carbocycles. The fourth-order valence-corrected chi connectivity index (χ4v) is 7.06. The lowest BCUT2D eigenvalue weighted by atomic mass is 10.0. The highest BCUT2D eigenvalue weighted by Crippen LogP contribution is 2.49. The Bertz CT molecular complexity index is 2110. The summed E-state index contributed by atoms with van der Waals surface area (Å²) in [5, 5.41) is 23.0. The minimum Gasteiger partial charge on any atom is -0.462 e. The molecule has 1 fully saturated rings. The van der Waals surface area contributed by atoms with Gasteiger partial charge in [-0.3, -0.25) is 48.9 Å². The molecule has 0 amide bonds. The van der Waals surface area contributed by atoms with Crippen LogP contribution in [0, 0.1) is 20.2 Å². The van der Waals surface area contributed by atoms with Gasteiger partial charge in [0.05, 0.1) is 15.4 Å². The molecule has 268 valence electrons. The Labute approximate surface area is 298 Å². The largest absolute Gasteiger partial charge is 0.462 e. The topological polar surface area (TPSA) is 213 Å². The normalized spacial score (nSPS) is 19.2. The number of esters is 3. The van der Waals surface area contributed by atoms with E-state index in [0.29, 0.717) is 16.1 Å². The lowest BCUT2D eigenvalue weighted by Crippen LogP contribution is -2.46. The van der Waals surface area contributed by atoms with Gasteiger partial charge in [-0.15, -0.1) is 0 Å². The molecule has 2 aliphatic heterocycles. The molecule has 3 aromatic carbocycles. The Morgan fingerprint density at radius 3 is 2.06 bits per heavy atom. The molecule has 18 heteroatoms. The minimum absolute atomic E-state index is 0.0255. The van der Waals surface area contributed by atoms with E-state index in [1.54, 1.807) is 30.3 Å². The van der Waals surface area contributed by atoms with E-state index in [1.807, 2.05) is 0 Å². The summed E-state index contributed by atoms with van der Waals surface area (Å²) in [6.45, 7) is 2.99. The van der Waals surface area contributed by atoms with Crippen molar-refractivity contribution in [3.8, 4) is 11.1 Å². The van der Waals surface area contributed by atoms with Crippen LogP contribution in [0.3, 0.4) is 0 Å². The van der Waals surface area contributed by atoms with E-state index in [9.17, 15) is 39.4 Å². The monoisotopic (exact) mass is 731 g/mol. The van der Waals surface area contributed by atoms with Gasteiger partial charge in [0.2, 0.25) is 5.95 Å². The molecule has 0 radical (unpaired) electrons. The van der Waals surface area contributed by atoms with Crippen LogP contribution in [-0.2, 0) is 33.3 Å². The Morgan fingerprint density at radius 2 is 1.50 bits per heavy atom. The first kappa shape index (κ1) is 35.7. The SMILES string of the molecule is CC(=O)OC[C@@H](OC(C)=O)[C@H]1O[C@H]2[C@@H]([C@H]1OC(C)=O)n1c(nc(Sc3ccc([N+](=O)[O-])cc3)c(-c3ccccc3)c1=O)N2c1ccc([N+](=O)[O-])cc1. The zero-order chi connectivity index (χ0) is 37.3. The van der Waals surface area contributed by atoms with Crippen molar-refractivity contribution in [3.63, 3.8) is 0 Å². The first-order valence-corrected chi connectivity index (χ1v) is 16.5. The predicted octanol–water partition coefficient (Wildman–Crippen LogP) is 4.72. The van der Waals surface area contributed by atoms with E-state index < -0.39 is 70.5 Å². The number of carbonyl (C=O) groups is 3. The summed E-state index contributed by atoms with van der Waals surface area (Å²) in [5.41, 5.74) is 0.0265. The number of aromatic nitrogens is 2. The third-order valence-corrected chi connectivity index (χ3v) is 9.18. The maximum Gasteiger partial charge on any atom is 0.303 e. The molecule has 4 aromatic rings. The molecule has 3 heterocycles. The number of non-ortho nitro benzene ring substituents is 2. The number of nitro groups is 2. The van der Waals surface area contributed by atoms with Crippen LogP contribution in [0.25, 0.3) is 11.1 Å². The maximum absolute atomic E-state index is 14.9. The van der Waals surface area contributed by atoms with Crippen LogP contribution >= 0.6 is 11.8 Å². The Hall–Kier alpha value is -6.14. The molecule has 1 aromatic heterocycles. The molecule has 0 spiro atoms. The van der Waals surface area contributed by atoms with Gasteiger partial charge >= 0.3 is 17.9 Å². The van der Waals surface area contributed by atoms with E-state index in [1.165, 1.54) is 58.0 Å². The van der Waals surface area contributed by atoms with Gasteiger partial charge in [-0.25, -0.2) is 4.98 Å². The molecule has 52 heavy (non-hydrogen) atoms. The third-order valence-electron chi connectivity index (χ3n) is 8.18. The molecule has 6 rings (SSSR count). The summed E-state index contributed by atoms with van der Waals surface area (Å²) >= 11 is 1.08. The first-order valence-electron chi connectivity index (χ1n) is 15.6. The van der Waals surface area contributed by atoms with Crippen molar-refractivity contribution < 1.29 is 43.2 Å². The van der Waals surface area contributed by atoms with Crippen LogP contribution in [0.2, 0.25) is 0 Å². The maximum atomic E-state index is 14.9. The summed E-state index contributed by atoms with van der Waals surface area (Å²) in [6, 6.07) is 18.6. The number of ether oxygens (including phenoxy) is 4. The highest BCUT2D eigenvalue weighted by atomic mass is 32.2. The first-order chi connectivity index (χ1) is 24.8. The van der Waals surface area contributed by atoms with Crippen molar-refractivity contribution in [2.24, 2.45) is 0 Å². The average molecular weight is 732 g/mol. The van der Waals surface area contributed by atoms with Crippen molar-refractivity contribution in [2.75, 3.05) is 11.5 Å². The van der Waals surface area contributed by atoms with Crippen LogP contribution in [0.4, 0.5) is 23.0 Å². The highest BCUT2D eigenvalue weighted by molar-refractivity contribution is 7.99. The molecule has 2 aliphatic rings. The average Bonchev–Trinajstić information content (AvgIpc) is 3.61. The lowest BCUT2D eigenvalue weighted by molar-refractivity contribution is -0.385. The number of fused-ring (bicyclic) bond motifs is 3. The molecule has 0 unspecified atom stereocenters. The fraction of sp³-hybridized carbons (Fsp3) is 0.265. The van der Waals surface area contributed by atoms with E-state index >= 15 is 0 Å². The summed E-state index contributed by atoms with van der Waals surface area (Å²) < 4.78 is 24.3. The standard InChI is InChI=1S/C34H29N5O12S/c1-18(40)48-17-26(49-19(2)41)29-30(50-20(3)42)28-33(51-29)36(22-9-11-23(12-10-22)38(44)45)34-35-31(52-25-15-13-24(14-16-25)39(46)47)27(32(43)37(28)34)21-7-5-4-6-8-21/h4-16,26,28-30,33H,17H2,1-3H3/t26-,28-,29-,30-,33+/m1/s1. The van der Waals surface area contributed by atoms with Gasteiger partial charge in [0.15, 0.2) is 18.4 Å². The molecule has 0 bridgehead atoms. The summed E-state index contributed by atoms with van der Waals surface area (Å²) in [6.07, 6.45) is -5.03. The van der Waals surface area contributed by atoms with Crippen LogP contribution in [-0.4, -0.2) is 68.5 Å². The summed E-state index contributed by atoms with van der Waals surface area (Å²) in [7, 11) is 0. The summed E-state index contributed by atoms with van der Waals surface area (Å²) in [5.74, 6) is -2.15. The Kier molecular flexibility index (Phi) is 10.0. The van der Waals surface area contributed by atoms with Crippen molar-refractivity contribution in [3.05, 3.63) is 109 Å². The van der Waals surface area contributed by atoms with E-state index in [-0.39, 0.29) is 27.9 Å². The number of benzene rings is 3. The minimum atomic E-state index is -1.31. The number of anilines is 2. The van der Waals surface area contributed by atoms with Crippen LogP contribution in [0.15, 0.2) is 93.6 Å². The molecule has 5 atom stereocenters. The Morgan fingerprint density at radius 1 is 0.885 bits per heavy atom. The number of nitro benzene ring substituents is 2. The van der Waals surface area contributed by atoms with Crippen LogP contribution in [0.1, 0.15) is 26.8 Å². The zero-order valence-electron chi connectivity index (χ0n) is 27.6. The molecule has 0 aliphatic carbocycles. The second kappa shape index (κ2) is 14.6. The van der Waals surface area contributed by atoms with Crippen molar-refractivity contribution >= 4 is 52.7 Å². The van der Waals surface area contributed by atoms with Crippen molar-refractivity contribution in [1.82, 2.24) is 9.55 Å². The number of nitrogens with zero attached hydrogens (tertiary/aromatic N) is 5. The lowest BCUT2D eigenvalue weighted by Gasteiger charge is -2.30. The quantitative estimate of drug-likeness (QED) is 0.0671. The number of hydrogen-bond acceptors (Lipinski definition) is 15. The number of rotatable bonds is 11. The van der Waals surface area contributed by atoms with Gasteiger partial charge in [-0.1, -0.05) is 42.1 Å². The second-order valence-corrected chi connectivity index (χ2v) is 12.7. The van der Waals surface area contributed by atoms with Gasteiger partial charge in [0.25, 0.3) is 16.9 Å². The molecular weight excluding hydrogens is 702 g/mol. The molecule has 0 N–H and O–H groups in total. The second-order valence-electron chi connectivity index (χ2n) is 11.6. The van der Waals surface area contributed by atoms with Gasteiger partial charge < -0.3 is 18.9 Å². The fourth-order valence-electron chi connectivity index (χ4n) is 6.13. The van der Waals surface area contributed by atoms with E-state index in [2.05, 4.69) is 0 Å². The zero-order valence-corrected chi connectivity index (χ0v) is 28.5. The molecule has 1 saturated heterocycles. The number of hydrogen-bond donors (Lipinski definition) is 0. The van der Waals surface area contributed by atoms with Gasteiger partial charge in [0, 0.05) is 55.6 Å². The van der Waals surface area contributed by atoms with E-state index in [4.69, 9.17) is 23.9 Å². The smallest absolute Gasteiger partial charge is 0.303 e. The van der Waals surface area contributed by atoms with Crippen LogP contribution < -0.4 is 10.5 Å². The third kappa shape index (κ3) is 7.06. The van der Waals surface area contributed by atoms with Crippen LogP contribution in [0.5, 0.6) is 0 Å².